The topological polar surface area (TPSA) is 84.1 Å². The third-order valence-corrected chi connectivity index (χ3v) is 5.42. The molecule has 0 saturated carbocycles. The zero-order chi connectivity index (χ0) is 17.4. The Labute approximate surface area is 144 Å². The Morgan fingerprint density at radius 1 is 1.00 bits per heavy atom. The van der Waals surface area contributed by atoms with Crippen LogP contribution in [0.3, 0.4) is 0 Å². The minimum absolute atomic E-state index is 0.175. The Morgan fingerprint density at radius 2 is 1.76 bits per heavy atom. The maximum Gasteiger partial charge on any atom is 0.261 e. The maximum atomic E-state index is 12.6. The average Bonchev–Trinajstić information content (AvgIpc) is 2.99. The second-order valence-electron chi connectivity index (χ2n) is 5.59. The van der Waals surface area contributed by atoms with Crippen LogP contribution in [0.1, 0.15) is 0 Å². The number of nitrogens with zero attached hydrogens (tertiary/aromatic N) is 1. The van der Waals surface area contributed by atoms with Crippen LogP contribution < -0.4 is 9.46 Å². The van der Waals surface area contributed by atoms with Gasteiger partial charge in [0.25, 0.3) is 10.0 Å². The number of rotatable bonds is 4. The third-order valence-electron chi connectivity index (χ3n) is 4.02. The number of aromatic amines is 1. The van der Waals surface area contributed by atoms with Gasteiger partial charge in [-0.05, 0) is 48.5 Å². The number of aromatic nitrogens is 2. The molecule has 0 amide bonds. The van der Waals surface area contributed by atoms with Crippen LogP contribution in [-0.2, 0) is 10.0 Å². The van der Waals surface area contributed by atoms with Gasteiger partial charge in [0.2, 0.25) is 0 Å². The molecule has 0 unspecified atom stereocenters. The van der Waals surface area contributed by atoms with Crippen LogP contribution in [-0.4, -0.2) is 25.5 Å². The third kappa shape index (κ3) is 2.78. The molecule has 2 N–H and O–H groups in total. The monoisotopic (exact) mass is 353 g/mol. The van der Waals surface area contributed by atoms with Gasteiger partial charge in [0.1, 0.15) is 5.75 Å². The van der Waals surface area contributed by atoms with Gasteiger partial charge in [-0.15, -0.1) is 0 Å². The summed E-state index contributed by atoms with van der Waals surface area (Å²) in [6.45, 7) is 0. The van der Waals surface area contributed by atoms with Gasteiger partial charge >= 0.3 is 0 Å². The molecule has 0 fully saturated rings. The molecular weight excluding hydrogens is 338 g/mol. The van der Waals surface area contributed by atoms with Crippen LogP contribution in [0.2, 0.25) is 0 Å². The second-order valence-corrected chi connectivity index (χ2v) is 7.27. The maximum absolute atomic E-state index is 12.6. The summed E-state index contributed by atoms with van der Waals surface area (Å²) in [5.41, 5.74) is 2.38. The molecule has 126 valence electrons. The highest BCUT2D eigenvalue weighted by molar-refractivity contribution is 7.92. The molecular formula is C18H15N3O3S. The molecule has 25 heavy (non-hydrogen) atoms. The molecule has 0 aliphatic heterocycles. The zero-order valence-corrected chi connectivity index (χ0v) is 14.2. The summed E-state index contributed by atoms with van der Waals surface area (Å²) in [6, 6.07) is 13.5. The smallest absolute Gasteiger partial charge is 0.261 e. The lowest BCUT2D eigenvalue weighted by Crippen LogP contribution is -2.12. The highest BCUT2D eigenvalue weighted by Crippen LogP contribution is 2.28. The van der Waals surface area contributed by atoms with Crippen molar-refractivity contribution >= 4 is 37.5 Å². The van der Waals surface area contributed by atoms with Gasteiger partial charge in [0.05, 0.1) is 12.0 Å². The van der Waals surface area contributed by atoms with Gasteiger partial charge in [-0.1, -0.05) is 0 Å². The highest BCUT2D eigenvalue weighted by atomic mass is 32.2. The predicted octanol–water partition coefficient (Wildman–Crippen LogP) is 3.53. The minimum atomic E-state index is -3.67. The Hall–Kier alpha value is -3.06. The first kappa shape index (κ1) is 15.5. The highest BCUT2D eigenvalue weighted by Gasteiger charge is 2.15. The minimum Gasteiger partial charge on any atom is -0.497 e. The van der Waals surface area contributed by atoms with E-state index < -0.39 is 10.0 Å². The van der Waals surface area contributed by atoms with E-state index >= 15 is 0 Å². The fraction of sp³-hybridized carbons (Fsp3) is 0.0556. The van der Waals surface area contributed by atoms with E-state index in [1.807, 2.05) is 12.1 Å². The molecule has 6 nitrogen and oxygen atoms in total. The first-order valence-corrected chi connectivity index (χ1v) is 9.07. The Morgan fingerprint density at radius 3 is 2.52 bits per heavy atom. The van der Waals surface area contributed by atoms with E-state index in [2.05, 4.69) is 14.7 Å². The summed E-state index contributed by atoms with van der Waals surface area (Å²) in [5.74, 6) is 0.603. The van der Waals surface area contributed by atoms with Crippen molar-refractivity contribution in [3.63, 3.8) is 0 Å². The van der Waals surface area contributed by atoms with Crippen LogP contribution in [0.25, 0.3) is 21.8 Å². The van der Waals surface area contributed by atoms with Crippen molar-refractivity contribution in [1.29, 1.82) is 0 Å². The van der Waals surface area contributed by atoms with Gasteiger partial charge in [0, 0.05) is 39.9 Å². The van der Waals surface area contributed by atoms with Gasteiger partial charge in [0.15, 0.2) is 0 Å². The summed E-state index contributed by atoms with van der Waals surface area (Å²) in [5, 5.41) is 1.86. The van der Waals surface area contributed by atoms with E-state index in [9.17, 15) is 8.42 Å². The second kappa shape index (κ2) is 5.78. The van der Waals surface area contributed by atoms with E-state index in [0.29, 0.717) is 11.4 Å². The molecule has 0 radical (unpaired) electrons. The van der Waals surface area contributed by atoms with Crippen LogP contribution in [0.15, 0.2) is 65.8 Å². The van der Waals surface area contributed by atoms with Crippen molar-refractivity contribution in [1.82, 2.24) is 9.97 Å². The van der Waals surface area contributed by atoms with Crippen LogP contribution in [0.5, 0.6) is 5.75 Å². The number of pyridine rings is 1. The lowest BCUT2D eigenvalue weighted by Gasteiger charge is -2.09. The molecule has 0 spiro atoms. The van der Waals surface area contributed by atoms with Crippen LogP contribution in [0, 0.1) is 0 Å². The summed E-state index contributed by atoms with van der Waals surface area (Å²) in [4.78, 5) is 7.59. The summed E-state index contributed by atoms with van der Waals surface area (Å²) >= 11 is 0. The molecule has 0 aliphatic carbocycles. The number of hydrogen-bond donors (Lipinski definition) is 2. The SMILES string of the molecule is COc1ccc(S(=O)(=O)Nc2ccc3[nH]c4ccncc4c3c2)cc1. The molecule has 2 heterocycles. The first-order chi connectivity index (χ1) is 12.1. The number of nitrogens with one attached hydrogen (secondary N) is 2. The van der Waals surface area contributed by atoms with Crippen molar-refractivity contribution in [2.45, 2.75) is 4.90 Å². The molecule has 4 aromatic rings. The number of ether oxygens (including phenoxy) is 1. The average molecular weight is 353 g/mol. The Kier molecular flexibility index (Phi) is 3.58. The summed E-state index contributed by atoms with van der Waals surface area (Å²) < 4.78 is 32.8. The van der Waals surface area contributed by atoms with Crippen molar-refractivity contribution in [2.24, 2.45) is 0 Å². The zero-order valence-electron chi connectivity index (χ0n) is 13.4. The van der Waals surface area contributed by atoms with Crippen molar-refractivity contribution in [3.8, 4) is 5.75 Å². The van der Waals surface area contributed by atoms with E-state index in [1.165, 1.54) is 19.2 Å². The van der Waals surface area contributed by atoms with E-state index in [1.54, 1.807) is 36.7 Å². The molecule has 0 aliphatic rings. The fourth-order valence-electron chi connectivity index (χ4n) is 2.77. The van der Waals surface area contributed by atoms with Gasteiger partial charge < -0.3 is 9.72 Å². The summed E-state index contributed by atoms with van der Waals surface area (Å²) in [7, 11) is -2.14. The van der Waals surface area contributed by atoms with Crippen LogP contribution >= 0.6 is 0 Å². The predicted molar refractivity (Wildman–Crippen MR) is 97.4 cm³/mol. The molecule has 0 bridgehead atoms. The normalized spacial score (nSPS) is 11.7. The molecule has 4 rings (SSSR count). The quantitative estimate of drug-likeness (QED) is 0.588. The fourth-order valence-corrected chi connectivity index (χ4v) is 3.82. The van der Waals surface area contributed by atoms with Crippen molar-refractivity contribution in [3.05, 3.63) is 60.9 Å². The number of methoxy groups -OCH3 is 1. The Bertz CT molecular complexity index is 1170. The largest absolute Gasteiger partial charge is 0.497 e. The lowest BCUT2D eigenvalue weighted by molar-refractivity contribution is 0.414. The van der Waals surface area contributed by atoms with Crippen molar-refractivity contribution < 1.29 is 13.2 Å². The summed E-state index contributed by atoms with van der Waals surface area (Å²) in [6.07, 6.45) is 3.47. The molecule has 0 atom stereocenters. The number of sulfonamides is 1. The molecule has 7 heteroatoms. The molecule has 2 aromatic heterocycles. The van der Waals surface area contributed by atoms with Gasteiger partial charge in [-0.2, -0.15) is 0 Å². The number of benzene rings is 2. The standard InChI is InChI=1S/C18H15N3O3S/c1-24-13-3-5-14(6-4-13)25(22,23)21-12-2-7-17-15(10-12)16-11-19-9-8-18(16)20-17/h2-11,20-21H,1H3. The number of hydrogen-bond acceptors (Lipinski definition) is 4. The van der Waals surface area contributed by atoms with Crippen LogP contribution in [0.4, 0.5) is 5.69 Å². The van der Waals surface area contributed by atoms with E-state index in [-0.39, 0.29) is 4.90 Å². The molecule has 2 aromatic carbocycles. The van der Waals surface area contributed by atoms with Gasteiger partial charge in [-0.3, -0.25) is 9.71 Å². The first-order valence-electron chi connectivity index (χ1n) is 7.59. The van der Waals surface area contributed by atoms with E-state index in [0.717, 1.165) is 21.8 Å². The van der Waals surface area contributed by atoms with E-state index in [4.69, 9.17) is 4.74 Å². The van der Waals surface area contributed by atoms with Gasteiger partial charge in [-0.25, -0.2) is 8.42 Å². The lowest BCUT2D eigenvalue weighted by atomic mass is 10.2. The molecule has 0 saturated heterocycles. The number of anilines is 1. The Balaban J connectivity index is 1.72. The van der Waals surface area contributed by atoms with Crippen molar-refractivity contribution in [2.75, 3.05) is 11.8 Å². The number of fused-ring (bicyclic) bond motifs is 3. The number of H-pyrrole nitrogens is 1.